The average molecular weight is 598 g/mol. The number of nitrogens with zero attached hydrogens (tertiary/aromatic N) is 1. The molecule has 0 saturated carbocycles. The molecule has 11 heteroatoms. The monoisotopic (exact) mass is 596 g/mol. The number of amides is 2. The van der Waals surface area contributed by atoms with Crippen LogP contribution in [0.15, 0.2) is 54.6 Å². The van der Waals surface area contributed by atoms with E-state index in [2.05, 4.69) is 22.5 Å². The lowest BCUT2D eigenvalue weighted by molar-refractivity contribution is -0.120. The van der Waals surface area contributed by atoms with E-state index in [0.29, 0.717) is 11.3 Å². The number of hydrogen-bond donors (Lipinski definition) is 3. The van der Waals surface area contributed by atoms with Crippen LogP contribution in [0.2, 0.25) is 15.1 Å². The zero-order valence-corrected chi connectivity index (χ0v) is 23.7. The Balaban J connectivity index is 1.71. The Hall–Kier alpha value is -4.05. The molecule has 0 aliphatic rings. The lowest BCUT2D eigenvalue weighted by atomic mass is 10.0. The molecule has 3 aromatic carbocycles. The van der Waals surface area contributed by atoms with E-state index in [4.69, 9.17) is 45.3 Å². The van der Waals surface area contributed by atoms with Crippen LogP contribution in [-0.2, 0) is 9.59 Å². The highest BCUT2D eigenvalue weighted by Crippen LogP contribution is 2.28. The molecule has 0 radical (unpaired) electrons. The van der Waals surface area contributed by atoms with Gasteiger partial charge in [-0.3, -0.25) is 14.4 Å². The molecule has 0 fully saturated rings. The molecular formula is C29H23Cl3N4O4. The molecule has 0 unspecified atom stereocenters. The smallest absolute Gasteiger partial charge is 0.262 e. The summed E-state index contributed by atoms with van der Waals surface area (Å²) in [6.07, 6.45) is 0. The first kappa shape index (κ1) is 30.5. The van der Waals surface area contributed by atoms with Crippen molar-refractivity contribution in [1.82, 2.24) is 5.32 Å². The van der Waals surface area contributed by atoms with E-state index in [-0.39, 0.29) is 50.0 Å². The van der Waals surface area contributed by atoms with E-state index in [9.17, 15) is 19.6 Å². The number of nitrogens with one attached hydrogen (secondary N) is 2. The Morgan fingerprint density at radius 1 is 0.950 bits per heavy atom. The Labute approximate surface area is 246 Å². The Morgan fingerprint density at radius 3 is 2.38 bits per heavy atom. The van der Waals surface area contributed by atoms with Crippen LogP contribution in [0, 0.1) is 23.2 Å². The van der Waals surface area contributed by atoms with Crippen LogP contribution in [0.4, 0.5) is 5.69 Å². The maximum Gasteiger partial charge on any atom is 0.262 e. The molecule has 3 rings (SSSR count). The number of benzene rings is 3. The van der Waals surface area contributed by atoms with Gasteiger partial charge in [-0.1, -0.05) is 46.6 Å². The van der Waals surface area contributed by atoms with Crippen molar-refractivity contribution in [3.8, 4) is 23.7 Å². The summed E-state index contributed by atoms with van der Waals surface area (Å²) in [5.74, 6) is 4.64. The molecule has 8 nitrogen and oxygen atoms in total. The lowest BCUT2D eigenvalue weighted by Gasteiger charge is -2.19. The van der Waals surface area contributed by atoms with E-state index < -0.39 is 23.8 Å². The van der Waals surface area contributed by atoms with Gasteiger partial charge in [-0.15, -0.1) is 0 Å². The van der Waals surface area contributed by atoms with Crippen molar-refractivity contribution in [2.75, 3.05) is 18.5 Å². The van der Waals surface area contributed by atoms with Gasteiger partial charge in [0.25, 0.3) is 5.91 Å². The van der Waals surface area contributed by atoms with Gasteiger partial charge in [0.05, 0.1) is 40.0 Å². The van der Waals surface area contributed by atoms with Gasteiger partial charge in [-0.25, -0.2) is 0 Å². The van der Waals surface area contributed by atoms with E-state index in [1.807, 2.05) is 6.07 Å². The summed E-state index contributed by atoms with van der Waals surface area (Å²) in [5, 5.41) is 15.3. The number of carbonyl (C=O) groups excluding carboxylic acids is 3. The highest BCUT2D eigenvalue weighted by molar-refractivity contribution is 6.34. The normalized spacial score (nSPS) is 10.5. The first-order valence-electron chi connectivity index (χ1n) is 11.7. The number of ether oxygens (including phenoxy) is 1. The predicted molar refractivity (Wildman–Crippen MR) is 155 cm³/mol. The molecule has 0 aliphatic carbocycles. The Kier molecular flexibility index (Phi) is 10.2. The fourth-order valence-electron chi connectivity index (χ4n) is 3.43. The highest BCUT2D eigenvalue weighted by atomic mass is 35.5. The molecule has 0 bridgehead atoms. The second-order valence-corrected chi connectivity index (χ2v) is 10.2. The third-order valence-electron chi connectivity index (χ3n) is 5.23. The fraction of sp³-hybridized carbons (Fsp3) is 0.172. The standard InChI is InChI=1S/C29H23Cl3N4O4/c1-29(2,36-26(37)15-34)8-7-17-3-5-24(23(32)11-17)35-27(38)16-40-25-6-4-20(30)13-22(25)28(39)19-9-18(14-33)10-21(31)12-19/h3-6,9-13H,15-16,34H2,1-2H3,(H,35,38)(H,36,37). The fourth-order valence-corrected chi connectivity index (χ4v) is 4.06. The van der Waals surface area contributed by atoms with E-state index in [1.54, 1.807) is 32.0 Å². The van der Waals surface area contributed by atoms with Crippen LogP contribution < -0.4 is 21.1 Å². The van der Waals surface area contributed by atoms with E-state index in [0.717, 1.165) is 0 Å². The Morgan fingerprint density at radius 2 is 1.70 bits per heavy atom. The van der Waals surface area contributed by atoms with E-state index >= 15 is 0 Å². The van der Waals surface area contributed by atoms with Gasteiger partial charge in [0.15, 0.2) is 12.4 Å². The van der Waals surface area contributed by atoms with Gasteiger partial charge in [0.1, 0.15) is 5.75 Å². The molecule has 40 heavy (non-hydrogen) atoms. The van der Waals surface area contributed by atoms with Gasteiger partial charge < -0.3 is 21.1 Å². The Bertz CT molecular complexity index is 1590. The van der Waals surface area contributed by atoms with Crippen LogP contribution in [-0.4, -0.2) is 36.3 Å². The van der Waals surface area contributed by atoms with Crippen molar-refractivity contribution in [1.29, 1.82) is 5.26 Å². The minimum atomic E-state index is -0.806. The van der Waals surface area contributed by atoms with Crippen LogP contribution in [0.1, 0.15) is 40.9 Å². The summed E-state index contributed by atoms with van der Waals surface area (Å²) in [6, 6.07) is 15.4. The maximum atomic E-state index is 13.2. The van der Waals surface area contributed by atoms with E-state index in [1.165, 1.54) is 36.4 Å². The lowest BCUT2D eigenvalue weighted by Crippen LogP contribution is -2.45. The second kappa shape index (κ2) is 13.3. The number of nitrogens with two attached hydrogens (primary N) is 1. The topological polar surface area (TPSA) is 134 Å². The van der Waals surface area contributed by atoms with Gasteiger partial charge in [-0.2, -0.15) is 5.26 Å². The summed E-state index contributed by atoms with van der Waals surface area (Å²) in [7, 11) is 0. The molecule has 204 valence electrons. The van der Waals surface area contributed by atoms with Gasteiger partial charge in [0.2, 0.25) is 5.91 Å². The first-order valence-corrected chi connectivity index (χ1v) is 12.9. The molecule has 0 aliphatic heterocycles. The van der Waals surface area contributed by atoms with Gasteiger partial charge >= 0.3 is 0 Å². The summed E-state index contributed by atoms with van der Waals surface area (Å²) in [6.45, 7) is 2.90. The number of anilines is 1. The quantitative estimate of drug-likeness (QED) is 0.248. The minimum Gasteiger partial charge on any atom is -0.483 e. The van der Waals surface area contributed by atoms with Crippen LogP contribution >= 0.6 is 34.8 Å². The zero-order chi connectivity index (χ0) is 29.4. The molecule has 0 spiro atoms. The van der Waals surface area contributed by atoms with Gasteiger partial charge in [0, 0.05) is 21.2 Å². The molecule has 0 saturated heterocycles. The van der Waals surface area contributed by atoms with Crippen molar-refractivity contribution >= 4 is 58.1 Å². The predicted octanol–water partition coefficient (Wildman–Crippen LogP) is 4.97. The molecular weight excluding hydrogens is 575 g/mol. The van der Waals surface area contributed by atoms with Crippen LogP contribution in [0.5, 0.6) is 5.75 Å². The third-order valence-corrected chi connectivity index (χ3v) is 6.00. The summed E-state index contributed by atoms with van der Waals surface area (Å²) < 4.78 is 5.64. The summed E-state index contributed by atoms with van der Waals surface area (Å²) in [5.41, 5.74) is 5.90. The SMILES string of the molecule is CC(C)(C#Cc1ccc(NC(=O)COc2ccc(Cl)cc2C(=O)c2cc(Cl)cc(C#N)c2)c(Cl)c1)NC(=O)CN. The first-order chi connectivity index (χ1) is 18.9. The van der Waals surface area contributed by atoms with Crippen molar-refractivity contribution < 1.29 is 19.1 Å². The van der Waals surface area contributed by atoms with Crippen molar-refractivity contribution in [3.05, 3.63) is 91.9 Å². The van der Waals surface area contributed by atoms with Crippen molar-refractivity contribution in [2.24, 2.45) is 5.73 Å². The molecule has 2 amide bonds. The molecule has 0 aromatic heterocycles. The number of rotatable bonds is 8. The molecule has 0 atom stereocenters. The molecule has 3 aromatic rings. The highest BCUT2D eigenvalue weighted by Gasteiger charge is 2.19. The molecule has 4 N–H and O–H groups in total. The van der Waals surface area contributed by atoms with Crippen molar-refractivity contribution in [3.63, 3.8) is 0 Å². The summed E-state index contributed by atoms with van der Waals surface area (Å²) in [4.78, 5) is 37.3. The summed E-state index contributed by atoms with van der Waals surface area (Å²) >= 11 is 18.5. The van der Waals surface area contributed by atoms with Crippen LogP contribution in [0.25, 0.3) is 0 Å². The minimum absolute atomic E-state index is 0.0954. The average Bonchev–Trinajstić information content (AvgIpc) is 2.91. The largest absolute Gasteiger partial charge is 0.483 e. The maximum absolute atomic E-state index is 13.2. The number of nitriles is 1. The van der Waals surface area contributed by atoms with Crippen molar-refractivity contribution in [2.45, 2.75) is 19.4 Å². The second-order valence-electron chi connectivity index (χ2n) is 8.97. The number of hydrogen-bond acceptors (Lipinski definition) is 6. The number of carbonyl (C=O) groups is 3. The third kappa shape index (κ3) is 8.47. The number of ketones is 1. The zero-order valence-electron chi connectivity index (χ0n) is 21.4. The number of halogens is 3. The molecule has 0 heterocycles. The van der Waals surface area contributed by atoms with Gasteiger partial charge in [-0.05, 0) is 68.4 Å². The van der Waals surface area contributed by atoms with Crippen LogP contribution in [0.3, 0.4) is 0 Å².